The number of esters is 1. The van der Waals surface area contributed by atoms with Gasteiger partial charge in [0.15, 0.2) is 11.6 Å². The van der Waals surface area contributed by atoms with E-state index in [1.807, 2.05) is 0 Å². The van der Waals surface area contributed by atoms with Crippen molar-refractivity contribution < 1.29 is 32.6 Å². The molecule has 2 aliphatic heterocycles. The molecule has 0 spiro atoms. The van der Waals surface area contributed by atoms with Gasteiger partial charge in [-0.25, -0.2) is 8.78 Å². The molecule has 3 aliphatic rings. The maximum absolute atomic E-state index is 14.7. The predicted octanol–water partition coefficient (Wildman–Crippen LogP) is 4.89. The van der Waals surface area contributed by atoms with Crippen molar-refractivity contribution in [3.05, 3.63) is 64.2 Å². The number of nitrogens with zero attached hydrogens (tertiary/aromatic N) is 2. The van der Waals surface area contributed by atoms with Crippen molar-refractivity contribution in [3.63, 3.8) is 0 Å². The quantitative estimate of drug-likeness (QED) is 0.420. The second kappa shape index (κ2) is 11.7. The Morgan fingerprint density at radius 3 is 2.52 bits per heavy atom. The smallest absolute Gasteiger partial charge is 0.314 e. The van der Waals surface area contributed by atoms with Gasteiger partial charge in [-0.05, 0) is 74.4 Å². The Kier molecular flexibility index (Phi) is 8.31. The Morgan fingerprint density at radius 1 is 1.05 bits per heavy atom. The number of hydrogen-bond acceptors (Lipinski definition) is 5. The summed E-state index contributed by atoms with van der Waals surface area (Å²) in [6.45, 7) is 3.42. The lowest BCUT2D eigenvalue weighted by Crippen LogP contribution is -2.44. The molecule has 0 radical (unpaired) electrons. The van der Waals surface area contributed by atoms with Crippen LogP contribution in [-0.2, 0) is 20.7 Å². The highest BCUT2D eigenvalue weighted by atomic mass is 35.5. The largest absolute Gasteiger partial charge is 0.490 e. The number of rotatable bonds is 8. The van der Waals surface area contributed by atoms with Gasteiger partial charge in [0.1, 0.15) is 5.82 Å². The highest BCUT2D eigenvalue weighted by molar-refractivity contribution is 6.30. The standard InChI is InChI=1S/C30H33ClF2N2O5/c1-2-39-29(38)30-10-3-11-34(27(36)13-20-6-8-23(31)24(32)12-20)15-22(30)16-35(18-30)28(37)21-7-9-26(25(33)14-21)40-17-19-4-5-19/h6-9,12,14,19,22H,2-5,10-11,13,15-18H2,1H3/t22-,30+/m0/s1. The third kappa shape index (κ3) is 5.94. The third-order valence-corrected chi connectivity index (χ3v) is 8.51. The summed E-state index contributed by atoms with van der Waals surface area (Å²) >= 11 is 5.77. The molecular weight excluding hydrogens is 542 g/mol. The zero-order chi connectivity index (χ0) is 28.4. The van der Waals surface area contributed by atoms with Crippen molar-refractivity contribution in [2.24, 2.45) is 17.3 Å². The average molecular weight is 575 g/mol. The van der Waals surface area contributed by atoms with Gasteiger partial charge in [-0.1, -0.05) is 17.7 Å². The zero-order valence-electron chi connectivity index (χ0n) is 22.5. The average Bonchev–Trinajstić information content (AvgIpc) is 3.72. The number of amides is 2. The van der Waals surface area contributed by atoms with Crippen LogP contribution < -0.4 is 4.74 Å². The fourth-order valence-electron chi connectivity index (χ4n) is 5.78. The van der Waals surface area contributed by atoms with Crippen molar-refractivity contribution in [1.82, 2.24) is 9.80 Å². The van der Waals surface area contributed by atoms with Crippen LogP contribution in [0.2, 0.25) is 5.02 Å². The minimum absolute atomic E-state index is 0.00962. The van der Waals surface area contributed by atoms with Gasteiger partial charge in [0, 0.05) is 37.7 Å². The van der Waals surface area contributed by atoms with Crippen LogP contribution in [-0.4, -0.2) is 67.0 Å². The summed E-state index contributed by atoms with van der Waals surface area (Å²) in [5.41, 5.74) is -0.300. The van der Waals surface area contributed by atoms with Crippen LogP contribution in [0.15, 0.2) is 36.4 Å². The van der Waals surface area contributed by atoms with Crippen molar-refractivity contribution in [2.75, 3.05) is 39.4 Å². The van der Waals surface area contributed by atoms with E-state index in [1.54, 1.807) is 28.9 Å². The molecule has 2 amide bonds. The second-order valence-electron chi connectivity index (χ2n) is 11.0. The summed E-state index contributed by atoms with van der Waals surface area (Å²) in [5.74, 6) is -1.95. The maximum Gasteiger partial charge on any atom is 0.314 e. The molecule has 2 aromatic carbocycles. The molecule has 2 saturated heterocycles. The molecule has 2 atom stereocenters. The van der Waals surface area contributed by atoms with Crippen LogP contribution in [0.1, 0.15) is 48.5 Å². The highest BCUT2D eigenvalue weighted by Crippen LogP contribution is 2.44. The lowest BCUT2D eigenvalue weighted by Gasteiger charge is -2.31. The minimum Gasteiger partial charge on any atom is -0.490 e. The molecule has 7 nitrogen and oxygen atoms in total. The van der Waals surface area contributed by atoms with Gasteiger partial charge in [-0.2, -0.15) is 0 Å². The number of fused-ring (bicyclic) bond motifs is 1. The Hall–Kier alpha value is -3.20. The first-order valence-corrected chi connectivity index (χ1v) is 14.2. The molecule has 5 rings (SSSR count). The number of carbonyl (C=O) groups excluding carboxylic acids is 3. The van der Waals surface area contributed by atoms with Crippen LogP contribution in [0, 0.1) is 28.9 Å². The molecule has 2 aromatic rings. The molecule has 1 saturated carbocycles. The first kappa shape index (κ1) is 28.3. The van der Waals surface area contributed by atoms with E-state index in [0.717, 1.165) is 12.8 Å². The molecular formula is C30H33ClF2N2O5. The second-order valence-corrected chi connectivity index (χ2v) is 11.4. The maximum atomic E-state index is 14.7. The van der Waals surface area contributed by atoms with Gasteiger partial charge in [-0.15, -0.1) is 0 Å². The molecule has 1 aliphatic carbocycles. The van der Waals surface area contributed by atoms with Gasteiger partial charge < -0.3 is 19.3 Å². The number of benzene rings is 2. The number of carbonyl (C=O) groups is 3. The topological polar surface area (TPSA) is 76.2 Å². The SMILES string of the molecule is CCOC(=O)[C@@]12CCCN(C(=O)Cc3ccc(Cl)c(F)c3)C[C@H]1CN(C(=O)c1ccc(OCC3CC3)c(F)c1)C2. The van der Waals surface area contributed by atoms with Crippen LogP contribution >= 0.6 is 11.6 Å². The number of ether oxygens (including phenoxy) is 2. The van der Waals surface area contributed by atoms with Crippen molar-refractivity contribution in [1.29, 1.82) is 0 Å². The van der Waals surface area contributed by atoms with Gasteiger partial charge in [0.05, 0.1) is 30.1 Å². The first-order chi connectivity index (χ1) is 19.2. The van der Waals surface area contributed by atoms with Crippen LogP contribution in [0.4, 0.5) is 8.78 Å². The summed E-state index contributed by atoms with van der Waals surface area (Å²) in [7, 11) is 0. The summed E-state index contributed by atoms with van der Waals surface area (Å²) < 4.78 is 39.7. The van der Waals surface area contributed by atoms with Gasteiger partial charge >= 0.3 is 5.97 Å². The Labute approximate surface area is 237 Å². The summed E-state index contributed by atoms with van der Waals surface area (Å²) in [6, 6.07) is 8.47. The highest BCUT2D eigenvalue weighted by Gasteiger charge is 2.55. The van der Waals surface area contributed by atoms with E-state index >= 15 is 0 Å². The van der Waals surface area contributed by atoms with Crippen molar-refractivity contribution in [2.45, 2.75) is 39.0 Å². The fraction of sp³-hybridized carbons (Fsp3) is 0.500. The molecule has 214 valence electrons. The summed E-state index contributed by atoms with van der Waals surface area (Å²) in [6.07, 6.45) is 3.14. The molecule has 0 bridgehead atoms. The van der Waals surface area contributed by atoms with Crippen LogP contribution in [0.25, 0.3) is 0 Å². The van der Waals surface area contributed by atoms with Gasteiger partial charge in [0.25, 0.3) is 5.91 Å². The number of likely N-dealkylation sites (tertiary alicyclic amines) is 2. The van der Waals surface area contributed by atoms with E-state index in [2.05, 4.69) is 0 Å². The normalized spacial score (nSPS) is 22.4. The van der Waals surface area contributed by atoms with E-state index in [9.17, 15) is 23.2 Å². The van der Waals surface area contributed by atoms with E-state index in [0.29, 0.717) is 37.5 Å². The van der Waals surface area contributed by atoms with Crippen molar-refractivity contribution in [3.8, 4) is 5.75 Å². The third-order valence-electron chi connectivity index (χ3n) is 8.20. The Balaban J connectivity index is 1.32. The zero-order valence-corrected chi connectivity index (χ0v) is 23.2. The minimum atomic E-state index is -0.973. The van der Waals surface area contributed by atoms with E-state index in [4.69, 9.17) is 21.1 Å². The first-order valence-electron chi connectivity index (χ1n) is 13.8. The molecule has 0 unspecified atom stereocenters. The monoisotopic (exact) mass is 574 g/mol. The lowest BCUT2D eigenvalue weighted by atomic mass is 9.75. The van der Waals surface area contributed by atoms with Gasteiger partial charge in [0.2, 0.25) is 5.91 Å². The molecule has 3 fully saturated rings. The number of hydrogen-bond donors (Lipinski definition) is 0. The predicted molar refractivity (Wildman–Crippen MR) is 144 cm³/mol. The number of halogens is 3. The summed E-state index contributed by atoms with van der Waals surface area (Å²) in [5, 5.41) is -0.0128. The molecule has 0 N–H and O–H groups in total. The van der Waals surface area contributed by atoms with Gasteiger partial charge in [-0.3, -0.25) is 14.4 Å². The Bertz CT molecular complexity index is 1300. The Morgan fingerprint density at radius 2 is 1.82 bits per heavy atom. The summed E-state index contributed by atoms with van der Waals surface area (Å²) in [4.78, 5) is 43.3. The molecule has 2 heterocycles. The lowest BCUT2D eigenvalue weighted by molar-refractivity contribution is -0.157. The molecule has 40 heavy (non-hydrogen) atoms. The van der Waals surface area contributed by atoms with Crippen LogP contribution in [0.5, 0.6) is 5.75 Å². The van der Waals surface area contributed by atoms with Crippen LogP contribution in [0.3, 0.4) is 0 Å². The fourth-order valence-corrected chi connectivity index (χ4v) is 5.90. The van der Waals surface area contributed by atoms with E-state index in [1.165, 1.54) is 24.3 Å². The molecule has 10 heteroatoms. The molecule has 0 aromatic heterocycles. The van der Waals surface area contributed by atoms with Crippen molar-refractivity contribution >= 4 is 29.4 Å². The van der Waals surface area contributed by atoms with E-state index in [-0.39, 0.29) is 72.7 Å². The van der Waals surface area contributed by atoms with E-state index < -0.39 is 17.0 Å².